The largest absolute Gasteiger partial charge is 0.162 e. The summed E-state index contributed by atoms with van der Waals surface area (Å²) in [5.74, 6) is 2.74. The van der Waals surface area contributed by atoms with E-state index in [1.54, 1.807) is 0 Å². The summed E-state index contributed by atoms with van der Waals surface area (Å²) in [6.45, 7) is 9.58. The Morgan fingerprint density at radius 2 is 1.70 bits per heavy atom. The van der Waals surface area contributed by atoms with Crippen molar-refractivity contribution in [1.29, 1.82) is 0 Å². The summed E-state index contributed by atoms with van der Waals surface area (Å²) in [5.41, 5.74) is 0. The zero-order valence-electron chi connectivity index (χ0n) is 7.74. The smallest absolute Gasteiger partial charge is 0.0450 e. The highest BCUT2D eigenvalue weighted by molar-refractivity contribution is 7.99. The Morgan fingerprint density at radius 1 is 1.10 bits per heavy atom. The van der Waals surface area contributed by atoms with E-state index in [0.717, 1.165) is 0 Å². The van der Waals surface area contributed by atoms with Gasteiger partial charge < -0.3 is 0 Å². The Morgan fingerprint density at radius 3 is 2.10 bits per heavy atom. The second-order valence-corrected chi connectivity index (χ2v) is 10.8. The van der Waals surface area contributed by atoms with Gasteiger partial charge in [-0.15, -0.1) is 0 Å². The van der Waals surface area contributed by atoms with E-state index >= 15 is 0 Å². The standard InChI is InChI=1S/C8H20SSi/c1-5-6-9-7-8-10(2,3)4/h5-8H2,1-4H3. The van der Waals surface area contributed by atoms with Gasteiger partial charge in [0.15, 0.2) is 0 Å². The SMILES string of the molecule is CCCSCC[Si](C)(C)C. The molecule has 0 aromatic carbocycles. The molecule has 0 spiro atoms. The summed E-state index contributed by atoms with van der Waals surface area (Å²) in [5, 5.41) is 0. The van der Waals surface area contributed by atoms with E-state index in [1.165, 1.54) is 24.0 Å². The second-order valence-electron chi connectivity index (χ2n) is 3.92. The molecule has 0 heterocycles. The third kappa shape index (κ3) is 8.57. The van der Waals surface area contributed by atoms with Gasteiger partial charge in [0, 0.05) is 8.07 Å². The molecule has 0 unspecified atom stereocenters. The zero-order chi connectivity index (χ0) is 8.04. The molecular weight excluding hydrogens is 156 g/mol. The Balaban J connectivity index is 3.04. The van der Waals surface area contributed by atoms with Gasteiger partial charge >= 0.3 is 0 Å². The van der Waals surface area contributed by atoms with Crippen LogP contribution in [0.4, 0.5) is 0 Å². The quantitative estimate of drug-likeness (QED) is 0.456. The van der Waals surface area contributed by atoms with Crippen molar-refractivity contribution in [2.75, 3.05) is 11.5 Å². The average Bonchev–Trinajstić information content (AvgIpc) is 1.78. The second kappa shape index (κ2) is 5.25. The Labute approximate surface area is 70.8 Å². The van der Waals surface area contributed by atoms with E-state index in [0.29, 0.717) is 0 Å². The van der Waals surface area contributed by atoms with E-state index in [-0.39, 0.29) is 0 Å². The van der Waals surface area contributed by atoms with Crippen LogP contribution in [0.25, 0.3) is 0 Å². The van der Waals surface area contributed by atoms with Crippen LogP contribution >= 0.6 is 11.8 Å². The van der Waals surface area contributed by atoms with Gasteiger partial charge in [-0.05, 0) is 24.0 Å². The molecule has 62 valence electrons. The van der Waals surface area contributed by atoms with Gasteiger partial charge in [-0.3, -0.25) is 0 Å². The van der Waals surface area contributed by atoms with Crippen molar-refractivity contribution in [3.8, 4) is 0 Å². The van der Waals surface area contributed by atoms with E-state index in [1.807, 2.05) is 0 Å². The zero-order valence-corrected chi connectivity index (χ0v) is 9.55. The molecular formula is C8H20SSi. The average molecular weight is 176 g/mol. The predicted molar refractivity (Wildman–Crippen MR) is 55.8 cm³/mol. The lowest BCUT2D eigenvalue weighted by atomic mass is 10.6. The van der Waals surface area contributed by atoms with Crippen molar-refractivity contribution >= 4 is 19.8 Å². The van der Waals surface area contributed by atoms with Gasteiger partial charge in [0.05, 0.1) is 0 Å². The van der Waals surface area contributed by atoms with Crippen molar-refractivity contribution in [2.45, 2.75) is 39.0 Å². The van der Waals surface area contributed by atoms with E-state index in [9.17, 15) is 0 Å². The lowest BCUT2D eigenvalue weighted by molar-refractivity contribution is 1.10. The molecule has 0 aromatic heterocycles. The van der Waals surface area contributed by atoms with Crippen LogP contribution in [-0.4, -0.2) is 19.6 Å². The Bertz CT molecular complexity index is 75.8. The molecule has 0 N–H and O–H groups in total. The van der Waals surface area contributed by atoms with Gasteiger partial charge in [0.2, 0.25) is 0 Å². The van der Waals surface area contributed by atoms with Crippen LogP contribution in [0.1, 0.15) is 13.3 Å². The first-order valence-corrected chi connectivity index (χ1v) is 9.00. The minimum atomic E-state index is -0.728. The van der Waals surface area contributed by atoms with Crippen LogP contribution in [0.15, 0.2) is 0 Å². The van der Waals surface area contributed by atoms with Crippen LogP contribution < -0.4 is 0 Å². The van der Waals surface area contributed by atoms with E-state index in [2.05, 4.69) is 38.3 Å². The molecule has 0 saturated heterocycles. The monoisotopic (exact) mass is 176 g/mol. The van der Waals surface area contributed by atoms with E-state index in [4.69, 9.17) is 0 Å². The van der Waals surface area contributed by atoms with Crippen LogP contribution in [0.3, 0.4) is 0 Å². The first-order chi connectivity index (χ1) is 4.56. The van der Waals surface area contributed by atoms with E-state index < -0.39 is 8.07 Å². The molecule has 0 radical (unpaired) electrons. The Hall–Kier alpha value is 0.567. The molecule has 0 rings (SSSR count). The third-order valence-electron chi connectivity index (χ3n) is 1.34. The number of hydrogen-bond donors (Lipinski definition) is 0. The molecule has 0 atom stereocenters. The highest BCUT2D eigenvalue weighted by atomic mass is 32.2. The third-order valence-corrected chi connectivity index (χ3v) is 4.65. The molecule has 0 saturated carbocycles. The maximum Gasteiger partial charge on any atom is 0.0450 e. The van der Waals surface area contributed by atoms with Crippen molar-refractivity contribution in [3.63, 3.8) is 0 Å². The molecule has 0 bridgehead atoms. The molecule has 0 aliphatic carbocycles. The first-order valence-electron chi connectivity index (χ1n) is 4.14. The Kier molecular flexibility index (Phi) is 5.55. The lowest BCUT2D eigenvalue weighted by Crippen LogP contribution is -2.19. The highest BCUT2D eigenvalue weighted by Gasteiger charge is 2.11. The van der Waals surface area contributed by atoms with Gasteiger partial charge in [0.25, 0.3) is 0 Å². The van der Waals surface area contributed by atoms with Crippen LogP contribution in [-0.2, 0) is 0 Å². The summed E-state index contributed by atoms with van der Waals surface area (Å²) >= 11 is 2.11. The van der Waals surface area contributed by atoms with Gasteiger partial charge in [-0.25, -0.2) is 0 Å². The summed E-state index contributed by atoms with van der Waals surface area (Å²) in [4.78, 5) is 0. The van der Waals surface area contributed by atoms with Gasteiger partial charge in [0.1, 0.15) is 0 Å². The molecule has 0 aliphatic heterocycles. The van der Waals surface area contributed by atoms with Crippen molar-refractivity contribution in [1.82, 2.24) is 0 Å². The van der Waals surface area contributed by atoms with Gasteiger partial charge in [-0.2, -0.15) is 11.8 Å². The highest BCUT2D eigenvalue weighted by Crippen LogP contribution is 2.13. The summed E-state index contributed by atoms with van der Waals surface area (Å²) in [7, 11) is -0.728. The maximum atomic E-state index is 2.44. The fourth-order valence-corrected chi connectivity index (χ4v) is 4.14. The van der Waals surface area contributed by atoms with Crippen molar-refractivity contribution in [2.24, 2.45) is 0 Å². The van der Waals surface area contributed by atoms with Gasteiger partial charge in [-0.1, -0.05) is 26.6 Å². The number of hydrogen-bond acceptors (Lipinski definition) is 1. The fraction of sp³-hybridized carbons (Fsp3) is 1.00. The molecule has 2 heteroatoms. The van der Waals surface area contributed by atoms with Crippen LogP contribution in [0.2, 0.25) is 25.7 Å². The number of thioether (sulfide) groups is 1. The molecule has 10 heavy (non-hydrogen) atoms. The maximum absolute atomic E-state index is 2.44. The predicted octanol–water partition coefficient (Wildman–Crippen LogP) is 3.47. The summed E-state index contributed by atoms with van der Waals surface area (Å²) in [6.07, 6.45) is 1.33. The van der Waals surface area contributed by atoms with Crippen molar-refractivity contribution in [3.05, 3.63) is 0 Å². The summed E-state index contributed by atoms with van der Waals surface area (Å²) < 4.78 is 0. The minimum absolute atomic E-state index is 0.728. The summed E-state index contributed by atoms with van der Waals surface area (Å²) in [6, 6.07) is 1.48. The first kappa shape index (κ1) is 10.6. The molecule has 0 amide bonds. The van der Waals surface area contributed by atoms with Crippen molar-refractivity contribution < 1.29 is 0 Å². The van der Waals surface area contributed by atoms with Crippen LogP contribution in [0.5, 0.6) is 0 Å². The fourth-order valence-electron chi connectivity index (χ4n) is 0.625. The molecule has 0 aromatic rings. The number of rotatable bonds is 5. The lowest BCUT2D eigenvalue weighted by Gasteiger charge is -2.14. The topological polar surface area (TPSA) is 0 Å². The minimum Gasteiger partial charge on any atom is -0.162 e. The molecule has 0 aliphatic rings. The van der Waals surface area contributed by atoms with Crippen LogP contribution in [0, 0.1) is 0 Å². The molecule has 0 fully saturated rings. The molecule has 0 nitrogen and oxygen atoms in total. The normalized spacial score (nSPS) is 12.0.